The number of ether oxygens (including phenoxy) is 2. The standard InChI is InChI=1S/C21H29N3O4/c1-3-28-20(25)18-17(14-24-11-6-4-5-7-12-24)22-21(26)23-19(18)15-9-8-10-16(13-15)27-2/h8-10,13,19H,3-7,11-12,14H2,1-2H3,(H2,22,23,26)/t19-/m0/s1. The number of amides is 2. The number of nitrogens with one attached hydrogen (secondary N) is 2. The summed E-state index contributed by atoms with van der Waals surface area (Å²) in [4.78, 5) is 27.5. The Morgan fingerprint density at radius 1 is 1.21 bits per heavy atom. The Morgan fingerprint density at radius 2 is 1.96 bits per heavy atom. The largest absolute Gasteiger partial charge is 0.497 e. The molecule has 2 aliphatic heterocycles. The molecule has 0 spiro atoms. The number of likely N-dealkylation sites (tertiary alicyclic amines) is 1. The van der Waals surface area contributed by atoms with Crippen LogP contribution in [0.4, 0.5) is 4.79 Å². The molecule has 0 aliphatic carbocycles. The number of urea groups is 1. The predicted molar refractivity (Wildman–Crippen MR) is 106 cm³/mol. The van der Waals surface area contributed by atoms with E-state index in [1.807, 2.05) is 24.3 Å². The van der Waals surface area contributed by atoms with E-state index in [4.69, 9.17) is 9.47 Å². The van der Waals surface area contributed by atoms with Gasteiger partial charge in [0.05, 0.1) is 25.3 Å². The van der Waals surface area contributed by atoms with Gasteiger partial charge in [-0.3, -0.25) is 4.90 Å². The average molecular weight is 387 g/mol. The second-order valence-corrected chi connectivity index (χ2v) is 7.11. The van der Waals surface area contributed by atoms with E-state index in [0.29, 0.717) is 23.6 Å². The molecular formula is C21H29N3O4. The maximum Gasteiger partial charge on any atom is 0.338 e. The van der Waals surface area contributed by atoms with Crippen LogP contribution in [0, 0.1) is 0 Å². The van der Waals surface area contributed by atoms with Crippen LogP contribution in [0.5, 0.6) is 5.75 Å². The molecule has 2 N–H and O–H groups in total. The van der Waals surface area contributed by atoms with Crippen LogP contribution >= 0.6 is 0 Å². The third-order valence-electron chi connectivity index (χ3n) is 5.16. The molecule has 28 heavy (non-hydrogen) atoms. The molecule has 0 unspecified atom stereocenters. The zero-order valence-electron chi connectivity index (χ0n) is 16.6. The number of hydrogen-bond donors (Lipinski definition) is 2. The van der Waals surface area contributed by atoms with Crippen molar-refractivity contribution in [3.05, 3.63) is 41.1 Å². The Balaban J connectivity index is 1.98. The van der Waals surface area contributed by atoms with Gasteiger partial charge in [0.2, 0.25) is 0 Å². The average Bonchev–Trinajstić information content (AvgIpc) is 2.96. The minimum absolute atomic E-state index is 0.276. The first kappa shape index (κ1) is 20.2. The molecule has 1 atom stereocenters. The van der Waals surface area contributed by atoms with E-state index in [0.717, 1.165) is 31.5 Å². The highest BCUT2D eigenvalue weighted by Crippen LogP contribution is 2.30. The highest BCUT2D eigenvalue weighted by molar-refractivity contribution is 5.95. The molecule has 1 aromatic rings. The van der Waals surface area contributed by atoms with Gasteiger partial charge in [0, 0.05) is 12.2 Å². The molecule has 2 heterocycles. The summed E-state index contributed by atoms with van der Waals surface area (Å²) >= 11 is 0. The minimum Gasteiger partial charge on any atom is -0.497 e. The quantitative estimate of drug-likeness (QED) is 0.734. The van der Waals surface area contributed by atoms with E-state index in [-0.39, 0.29) is 12.6 Å². The van der Waals surface area contributed by atoms with Crippen molar-refractivity contribution in [3.8, 4) is 5.75 Å². The fourth-order valence-electron chi connectivity index (χ4n) is 3.78. The Kier molecular flexibility index (Phi) is 6.92. The number of benzene rings is 1. The van der Waals surface area contributed by atoms with Crippen molar-refractivity contribution < 1.29 is 19.1 Å². The zero-order chi connectivity index (χ0) is 19.9. The van der Waals surface area contributed by atoms with Crippen LogP contribution in [-0.2, 0) is 9.53 Å². The number of rotatable bonds is 6. The van der Waals surface area contributed by atoms with Crippen molar-refractivity contribution in [2.24, 2.45) is 0 Å². The van der Waals surface area contributed by atoms with Crippen LogP contribution in [0.15, 0.2) is 35.5 Å². The highest BCUT2D eigenvalue weighted by Gasteiger charge is 2.34. The molecule has 2 aliphatic rings. The van der Waals surface area contributed by atoms with Gasteiger partial charge < -0.3 is 20.1 Å². The van der Waals surface area contributed by atoms with E-state index >= 15 is 0 Å². The topological polar surface area (TPSA) is 79.9 Å². The van der Waals surface area contributed by atoms with E-state index in [9.17, 15) is 9.59 Å². The van der Waals surface area contributed by atoms with Crippen LogP contribution in [0.1, 0.15) is 44.2 Å². The maximum atomic E-state index is 12.8. The molecule has 7 heteroatoms. The Hall–Kier alpha value is -2.54. The van der Waals surface area contributed by atoms with E-state index in [1.165, 1.54) is 12.8 Å². The van der Waals surface area contributed by atoms with Gasteiger partial charge in [-0.05, 0) is 50.6 Å². The maximum absolute atomic E-state index is 12.8. The monoisotopic (exact) mass is 387 g/mol. The van der Waals surface area contributed by atoms with Gasteiger partial charge in [0.25, 0.3) is 0 Å². The van der Waals surface area contributed by atoms with Crippen molar-refractivity contribution in [3.63, 3.8) is 0 Å². The van der Waals surface area contributed by atoms with E-state index in [1.54, 1.807) is 14.0 Å². The molecule has 0 aromatic heterocycles. The summed E-state index contributed by atoms with van der Waals surface area (Å²) in [6.07, 6.45) is 4.71. The van der Waals surface area contributed by atoms with Gasteiger partial charge in [-0.15, -0.1) is 0 Å². The predicted octanol–water partition coefficient (Wildman–Crippen LogP) is 2.74. The summed E-state index contributed by atoms with van der Waals surface area (Å²) in [5, 5.41) is 5.73. The van der Waals surface area contributed by atoms with Gasteiger partial charge in [-0.2, -0.15) is 0 Å². The third-order valence-corrected chi connectivity index (χ3v) is 5.16. The normalized spacial score (nSPS) is 20.8. The fourth-order valence-corrected chi connectivity index (χ4v) is 3.78. The van der Waals surface area contributed by atoms with E-state index < -0.39 is 12.0 Å². The summed E-state index contributed by atoms with van der Waals surface area (Å²) in [5.41, 5.74) is 1.86. The molecule has 1 fully saturated rings. The van der Waals surface area contributed by atoms with Gasteiger partial charge >= 0.3 is 12.0 Å². The highest BCUT2D eigenvalue weighted by atomic mass is 16.5. The first-order valence-electron chi connectivity index (χ1n) is 9.96. The molecule has 0 saturated carbocycles. The van der Waals surface area contributed by atoms with Gasteiger partial charge in [-0.1, -0.05) is 25.0 Å². The molecule has 0 bridgehead atoms. The lowest BCUT2D eigenvalue weighted by Gasteiger charge is -2.32. The number of methoxy groups -OCH3 is 1. The lowest BCUT2D eigenvalue weighted by atomic mass is 9.94. The molecule has 1 aromatic carbocycles. The first-order chi connectivity index (χ1) is 13.6. The van der Waals surface area contributed by atoms with Crippen LogP contribution in [-0.4, -0.2) is 50.3 Å². The molecule has 152 valence electrons. The fraction of sp³-hybridized carbons (Fsp3) is 0.524. The first-order valence-corrected chi connectivity index (χ1v) is 9.96. The summed E-state index contributed by atoms with van der Waals surface area (Å²) in [7, 11) is 1.59. The lowest BCUT2D eigenvalue weighted by molar-refractivity contribution is -0.139. The molecule has 2 amide bonds. The molecule has 3 rings (SSSR count). The third kappa shape index (κ3) is 4.84. The number of nitrogens with zero attached hydrogens (tertiary/aromatic N) is 1. The molecule has 1 saturated heterocycles. The Morgan fingerprint density at radius 3 is 2.64 bits per heavy atom. The van der Waals surface area contributed by atoms with Crippen LogP contribution in [0.25, 0.3) is 0 Å². The van der Waals surface area contributed by atoms with Crippen molar-refractivity contribution >= 4 is 12.0 Å². The molecule has 0 radical (unpaired) electrons. The number of carbonyl (C=O) groups excluding carboxylic acids is 2. The second kappa shape index (κ2) is 9.59. The van der Waals surface area contributed by atoms with Gasteiger partial charge in [0.1, 0.15) is 5.75 Å². The summed E-state index contributed by atoms with van der Waals surface area (Å²) in [6.45, 7) is 4.52. The zero-order valence-corrected chi connectivity index (χ0v) is 16.6. The SMILES string of the molecule is CCOC(=O)C1=C(CN2CCCCCC2)NC(=O)N[C@H]1c1cccc(OC)c1. The lowest BCUT2D eigenvalue weighted by Crippen LogP contribution is -2.48. The second-order valence-electron chi connectivity index (χ2n) is 7.11. The summed E-state index contributed by atoms with van der Waals surface area (Å²) in [6, 6.07) is 6.49. The van der Waals surface area contributed by atoms with Crippen molar-refractivity contribution in [1.29, 1.82) is 0 Å². The van der Waals surface area contributed by atoms with Crippen LogP contribution < -0.4 is 15.4 Å². The number of esters is 1. The van der Waals surface area contributed by atoms with Crippen LogP contribution in [0.2, 0.25) is 0 Å². The van der Waals surface area contributed by atoms with Crippen LogP contribution in [0.3, 0.4) is 0 Å². The smallest absolute Gasteiger partial charge is 0.338 e. The van der Waals surface area contributed by atoms with Crippen molar-refractivity contribution in [2.75, 3.05) is 33.4 Å². The number of hydrogen-bond acceptors (Lipinski definition) is 5. The van der Waals surface area contributed by atoms with E-state index in [2.05, 4.69) is 15.5 Å². The Bertz CT molecular complexity index is 739. The summed E-state index contributed by atoms with van der Waals surface area (Å²) < 4.78 is 10.6. The van der Waals surface area contributed by atoms with Crippen molar-refractivity contribution in [2.45, 2.75) is 38.6 Å². The Labute approximate surface area is 166 Å². The van der Waals surface area contributed by atoms with Crippen molar-refractivity contribution in [1.82, 2.24) is 15.5 Å². The van der Waals surface area contributed by atoms with Gasteiger partial charge in [0.15, 0.2) is 0 Å². The summed E-state index contributed by atoms with van der Waals surface area (Å²) in [5.74, 6) is 0.259. The minimum atomic E-state index is -0.579. The van der Waals surface area contributed by atoms with Gasteiger partial charge in [-0.25, -0.2) is 9.59 Å². The molecular weight excluding hydrogens is 358 g/mol. The molecule has 7 nitrogen and oxygen atoms in total. The number of carbonyl (C=O) groups is 2.